The molecule has 0 atom stereocenters. The van der Waals surface area contributed by atoms with Crippen molar-refractivity contribution in [3.05, 3.63) is 293 Å². The molecule has 0 radical (unpaired) electrons. The lowest BCUT2D eigenvalue weighted by atomic mass is 9.67. The van der Waals surface area contributed by atoms with Crippen LogP contribution in [-0.2, 0) is 10.8 Å². The van der Waals surface area contributed by atoms with Crippen LogP contribution in [0.3, 0.4) is 0 Å². The predicted octanol–water partition coefficient (Wildman–Crippen LogP) is 18.4. The standard InChI is InChI=1S/C68H41NOS2/c1-2-17-42(18-3-1)43-33-36-61-51(39-43)50-23-16-30-60(66(50)70-61)69(44-34-37-64-58(40-44)67(56-28-12-14-31-62(56)71-64)52-24-8-4-19-46(52)47-20-5-9-25-53(47)67)45-35-38-65-59(41-45)68(57-29-13-15-32-63(57)72-65)54-26-10-6-21-48(54)49-22-7-11-27-55(49)68/h1-41H. The normalized spacial score (nSPS) is 14.5. The summed E-state index contributed by atoms with van der Waals surface area (Å²) in [5, 5.41) is 2.18. The minimum atomic E-state index is -0.539. The van der Waals surface area contributed by atoms with E-state index < -0.39 is 10.8 Å². The summed E-state index contributed by atoms with van der Waals surface area (Å²) in [6.07, 6.45) is 0. The van der Waals surface area contributed by atoms with Gasteiger partial charge in [-0.1, -0.05) is 206 Å². The molecule has 0 unspecified atom stereocenters. The smallest absolute Gasteiger partial charge is 0.159 e. The van der Waals surface area contributed by atoms with Gasteiger partial charge < -0.3 is 9.32 Å². The molecule has 0 N–H and O–H groups in total. The maximum absolute atomic E-state index is 7.14. The van der Waals surface area contributed by atoms with Gasteiger partial charge in [0.1, 0.15) is 5.58 Å². The fourth-order valence-corrected chi connectivity index (χ4v) is 15.5. The predicted molar refractivity (Wildman–Crippen MR) is 297 cm³/mol. The molecule has 0 saturated carbocycles. The number of hydrogen-bond acceptors (Lipinski definition) is 4. The fourth-order valence-electron chi connectivity index (χ4n) is 13.2. The third-order valence-electron chi connectivity index (χ3n) is 16.0. The lowest BCUT2D eigenvalue weighted by molar-refractivity contribution is 0.669. The molecule has 2 nitrogen and oxygen atoms in total. The van der Waals surface area contributed by atoms with Crippen LogP contribution in [0.2, 0.25) is 0 Å². The van der Waals surface area contributed by atoms with E-state index in [0.29, 0.717) is 0 Å². The molecular weight excluding hydrogens is 911 g/mol. The molecule has 11 aromatic carbocycles. The maximum atomic E-state index is 7.14. The zero-order chi connectivity index (χ0) is 47.1. The van der Waals surface area contributed by atoms with Crippen molar-refractivity contribution in [1.29, 1.82) is 0 Å². The Labute approximate surface area is 426 Å². The summed E-state index contributed by atoms with van der Waals surface area (Å²) in [6.45, 7) is 0. The molecule has 4 heteroatoms. The van der Waals surface area contributed by atoms with Crippen molar-refractivity contribution in [2.24, 2.45) is 0 Å². The zero-order valence-electron chi connectivity index (χ0n) is 38.8. The molecule has 2 aliphatic carbocycles. The van der Waals surface area contributed by atoms with Crippen LogP contribution in [0.25, 0.3) is 55.3 Å². The summed E-state index contributed by atoms with van der Waals surface area (Å²) in [6, 6.07) is 92.9. The summed E-state index contributed by atoms with van der Waals surface area (Å²) in [5.74, 6) is 0. The van der Waals surface area contributed by atoms with Gasteiger partial charge in [0.05, 0.1) is 16.5 Å². The molecular formula is C68H41NOS2. The van der Waals surface area contributed by atoms with Crippen LogP contribution >= 0.6 is 23.5 Å². The average Bonchev–Trinajstić information content (AvgIpc) is 4.07. The molecule has 0 saturated heterocycles. The molecule has 336 valence electrons. The molecule has 16 rings (SSSR count). The summed E-state index contributed by atoms with van der Waals surface area (Å²) >= 11 is 3.76. The van der Waals surface area contributed by atoms with Crippen LogP contribution < -0.4 is 4.90 Å². The number of furan rings is 1. The van der Waals surface area contributed by atoms with Crippen LogP contribution in [0.4, 0.5) is 17.1 Å². The first-order valence-corrected chi connectivity index (χ1v) is 26.4. The van der Waals surface area contributed by atoms with E-state index in [-0.39, 0.29) is 0 Å². The lowest BCUT2D eigenvalue weighted by Gasteiger charge is -2.41. The van der Waals surface area contributed by atoms with Crippen LogP contribution in [0.15, 0.2) is 273 Å². The van der Waals surface area contributed by atoms with Gasteiger partial charge in [0.2, 0.25) is 0 Å². The van der Waals surface area contributed by atoms with Crippen LogP contribution in [0, 0.1) is 0 Å². The van der Waals surface area contributed by atoms with Gasteiger partial charge in [-0.15, -0.1) is 0 Å². The Morgan fingerprint density at radius 2 is 0.750 bits per heavy atom. The molecule has 1 aromatic heterocycles. The number of fused-ring (bicyclic) bond motifs is 21. The van der Waals surface area contributed by atoms with Gasteiger partial charge in [-0.2, -0.15) is 0 Å². The Balaban J connectivity index is 0.989. The van der Waals surface area contributed by atoms with Crippen molar-refractivity contribution in [1.82, 2.24) is 0 Å². The Morgan fingerprint density at radius 3 is 1.26 bits per heavy atom. The van der Waals surface area contributed by atoms with Gasteiger partial charge in [0, 0.05) is 41.7 Å². The average molecular weight is 952 g/mol. The molecule has 4 aliphatic rings. The molecule has 0 amide bonds. The minimum Gasteiger partial charge on any atom is -0.454 e. The van der Waals surface area contributed by atoms with Crippen LogP contribution in [0.5, 0.6) is 0 Å². The topological polar surface area (TPSA) is 16.4 Å². The summed E-state index contributed by atoms with van der Waals surface area (Å²) in [7, 11) is 0. The van der Waals surface area contributed by atoms with E-state index in [0.717, 1.165) is 44.6 Å². The quantitative estimate of drug-likeness (QED) is 0.175. The monoisotopic (exact) mass is 951 g/mol. The van der Waals surface area contributed by atoms with Crippen molar-refractivity contribution >= 4 is 62.5 Å². The van der Waals surface area contributed by atoms with Gasteiger partial charge in [0.25, 0.3) is 0 Å². The molecule has 3 heterocycles. The Bertz CT molecular complexity index is 3980. The molecule has 0 fully saturated rings. The fraction of sp³-hybridized carbons (Fsp3) is 0.0294. The van der Waals surface area contributed by atoms with Gasteiger partial charge in [-0.25, -0.2) is 0 Å². The molecule has 0 bridgehead atoms. The maximum Gasteiger partial charge on any atom is 0.159 e. The number of benzene rings is 11. The van der Waals surface area contributed by atoms with Crippen molar-refractivity contribution in [3.8, 4) is 33.4 Å². The number of hydrogen-bond donors (Lipinski definition) is 0. The third-order valence-corrected chi connectivity index (χ3v) is 18.3. The van der Waals surface area contributed by atoms with E-state index in [4.69, 9.17) is 4.42 Å². The van der Waals surface area contributed by atoms with E-state index in [1.54, 1.807) is 0 Å². The highest BCUT2D eigenvalue weighted by atomic mass is 32.2. The van der Waals surface area contributed by atoms with Gasteiger partial charge in [-0.05, 0) is 145 Å². The number of rotatable bonds is 4. The number of nitrogens with zero attached hydrogens (tertiary/aromatic N) is 1. The zero-order valence-corrected chi connectivity index (χ0v) is 40.5. The Kier molecular flexibility index (Phi) is 8.49. The first kappa shape index (κ1) is 40.4. The largest absolute Gasteiger partial charge is 0.454 e. The van der Waals surface area contributed by atoms with Crippen LogP contribution in [-0.4, -0.2) is 0 Å². The van der Waals surface area contributed by atoms with E-state index in [1.807, 2.05) is 23.5 Å². The lowest BCUT2D eigenvalue weighted by Crippen LogP contribution is -2.32. The first-order valence-electron chi connectivity index (χ1n) is 24.7. The highest BCUT2D eigenvalue weighted by molar-refractivity contribution is 7.99. The highest BCUT2D eigenvalue weighted by Crippen LogP contribution is 2.65. The second kappa shape index (κ2) is 15.1. The number of para-hydroxylation sites is 1. The van der Waals surface area contributed by atoms with E-state index in [1.165, 1.54) is 91.9 Å². The van der Waals surface area contributed by atoms with Gasteiger partial charge in [-0.3, -0.25) is 0 Å². The summed E-state index contributed by atoms with van der Waals surface area (Å²) in [5.41, 5.74) is 21.8. The van der Waals surface area contributed by atoms with E-state index >= 15 is 0 Å². The molecule has 12 aromatic rings. The van der Waals surface area contributed by atoms with E-state index in [9.17, 15) is 0 Å². The highest BCUT2D eigenvalue weighted by Gasteiger charge is 2.52. The van der Waals surface area contributed by atoms with Crippen LogP contribution in [0.1, 0.15) is 44.5 Å². The van der Waals surface area contributed by atoms with Gasteiger partial charge >= 0.3 is 0 Å². The molecule has 2 spiro atoms. The second-order valence-electron chi connectivity index (χ2n) is 19.4. The van der Waals surface area contributed by atoms with Crippen molar-refractivity contribution in [2.45, 2.75) is 30.4 Å². The van der Waals surface area contributed by atoms with Crippen molar-refractivity contribution < 1.29 is 4.42 Å². The summed E-state index contributed by atoms with van der Waals surface area (Å²) in [4.78, 5) is 7.59. The Hall–Kier alpha value is -8.28. The number of anilines is 3. The Morgan fingerprint density at radius 1 is 0.306 bits per heavy atom. The molecule has 72 heavy (non-hydrogen) atoms. The summed E-state index contributed by atoms with van der Waals surface area (Å²) < 4.78 is 7.14. The third kappa shape index (κ3) is 5.33. The van der Waals surface area contributed by atoms with E-state index in [2.05, 4.69) is 254 Å². The second-order valence-corrected chi connectivity index (χ2v) is 21.6. The molecule has 2 aliphatic heterocycles. The van der Waals surface area contributed by atoms with Crippen molar-refractivity contribution in [3.63, 3.8) is 0 Å². The first-order chi connectivity index (χ1) is 35.7. The minimum absolute atomic E-state index is 0.539. The van der Waals surface area contributed by atoms with Gasteiger partial charge in [0.15, 0.2) is 5.58 Å². The SMILES string of the molecule is c1ccc(-c2ccc3oc4c(N(c5ccc6c(c5)C5(c7ccccc7S6)c6ccccc6-c6ccccc65)c5ccc6c(c5)C5(c7ccccc7S6)c6ccccc6-c6ccccc65)cccc4c3c2)cc1. The van der Waals surface area contributed by atoms with Crippen molar-refractivity contribution in [2.75, 3.05) is 4.90 Å².